The Labute approximate surface area is 196 Å². The number of benzene rings is 1. The van der Waals surface area contributed by atoms with Gasteiger partial charge in [0.05, 0.1) is 11.2 Å². The number of aliphatic carboxylic acids is 1. The molecule has 0 radical (unpaired) electrons. The van der Waals surface area contributed by atoms with Gasteiger partial charge in [-0.2, -0.15) is 0 Å². The zero-order valence-corrected chi connectivity index (χ0v) is 20.0. The number of carboxylic acids is 2. The molecule has 0 saturated heterocycles. The number of rotatable bonds is 13. The minimum Gasteiger partial charge on any atom is -0.508 e. The van der Waals surface area contributed by atoms with E-state index in [0.29, 0.717) is 24.8 Å². The molecule has 4 N–H and O–H groups in total. The van der Waals surface area contributed by atoms with E-state index in [1.807, 2.05) is 26.0 Å². The zero-order valence-electron chi connectivity index (χ0n) is 20.0. The van der Waals surface area contributed by atoms with Crippen molar-refractivity contribution in [2.45, 2.75) is 71.8 Å². The fourth-order valence-corrected chi connectivity index (χ4v) is 3.15. The quantitative estimate of drug-likeness (QED) is 0.220. The number of carboxylic acid groups (broad SMARTS) is 2. The first-order chi connectivity index (χ1) is 15.4. The Hall–Kier alpha value is -3.12. The summed E-state index contributed by atoms with van der Waals surface area (Å²) in [4.78, 5) is 21.9. The Morgan fingerprint density at radius 1 is 1.00 bits per heavy atom. The van der Waals surface area contributed by atoms with Crippen LogP contribution in [0.3, 0.4) is 0 Å². The average molecular weight is 457 g/mol. The molecule has 0 amide bonds. The van der Waals surface area contributed by atoms with Gasteiger partial charge in [0.1, 0.15) is 5.75 Å². The van der Waals surface area contributed by atoms with Gasteiger partial charge >= 0.3 is 11.9 Å². The first-order valence-electron chi connectivity index (χ1n) is 11.1. The van der Waals surface area contributed by atoms with E-state index in [2.05, 4.69) is 6.08 Å². The van der Waals surface area contributed by atoms with Crippen molar-refractivity contribution >= 4 is 11.9 Å². The molecule has 0 aliphatic carbocycles. The van der Waals surface area contributed by atoms with Gasteiger partial charge in [-0.3, -0.25) is 0 Å². The lowest BCUT2D eigenvalue weighted by atomic mass is 9.97. The van der Waals surface area contributed by atoms with Crippen molar-refractivity contribution in [2.24, 2.45) is 0 Å². The number of phenolic OH excluding ortho intramolecular Hbond substituents is 1. The molecule has 1 aromatic rings. The molecule has 6 heteroatoms. The van der Waals surface area contributed by atoms with Gasteiger partial charge in [-0.1, -0.05) is 41.5 Å². The van der Waals surface area contributed by atoms with E-state index in [1.165, 1.54) is 23.8 Å². The van der Waals surface area contributed by atoms with Crippen molar-refractivity contribution in [3.05, 3.63) is 76.4 Å². The number of hydrogen-bond donors (Lipinski definition) is 4. The summed E-state index contributed by atoms with van der Waals surface area (Å²) in [6, 6.07) is 4.29. The third-order valence-electron chi connectivity index (χ3n) is 5.38. The second-order valence-electron chi connectivity index (χ2n) is 8.69. The summed E-state index contributed by atoms with van der Waals surface area (Å²) in [5.41, 5.74) is 2.38. The number of aliphatic hydroxyl groups is 1. The first-order valence-corrected chi connectivity index (χ1v) is 11.1. The topological polar surface area (TPSA) is 115 Å². The lowest BCUT2D eigenvalue weighted by molar-refractivity contribution is -0.132. The summed E-state index contributed by atoms with van der Waals surface area (Å²) < 4.78 is 0. The highest BCUT2D eigenvalue weighted by atomic mass is 16.4. The number of carbonyl (C=O) groups is 2. The summed E-state index contributed by atoms with van der Waals surface area (Å²) in [5, 5.41) is 38.3. The molecule has 6 nitrogen and oxygen atoms in total. The van der Waals surface area contributed by atoms with Crippen LogP contribution in [0.2, 0.25) is 0 Å². The maximum absolute atomic E-state index is 11.1. The van der Waals surface area contributed by atoms with E-state index < -0.39 is 17.5 Å². The van der Waals surface area contributed by atoms with E-state index in [9.17, 15) is 19.8 Å². The summed E-state index contributed by atoms with van der Waals surface area (Å²) in [6.07, 6.45) is 13.3. The van der Waals surface area contributed by atoms with Gasteiger partial charge in [0.15, 0.2) is 0 Å². The number of hydrogen-bond acceptors (Lipinski definition) is 4. The summed E-state index contributed by atoms with van der Waals surface area (Å²) in [5.74, 6) is -1.87. The molecule has 1 atom stereocenters. The second kappa shape index (κ2) is 13.4. The maximum atomic E-state index is 11.1. The van der Waals surface area contributed by atoms with Crippen LogP contribution in [-0.2, 0) is 11.2 Å². The van der Waals surface area contributed by atoms with Gasteiger partial charge < -0.3 is 20.4 Å². The Morgan fingerprint density at radius 2 is 1.70 bits per heavy atom. The Kier molecular flexibility index (Phi) is 11.4. The van der Waals surface area contributed by atoms with Gasteiger partial charge in [-0.05, 0) is 90.0 Å². The molecular weight excluding hydrogens is 420 g/mol. The van der Waals surface area contributed by atoms with E-state index in [0.717, 1.165) is 24.8 Å². The van der Waals surface area contributed by atoms with Crippen molar-refractivity contribution in [2.75, 3.05) is 0 Å². The van der Waals surface area contributed by atoms with Crippen molar-refractivity contribution in [3.8, 4) is 5.75 Å². The molecule has 0 bridgehead atoms. The van der Waals surface area contributed by atoms with Crippen LogP contribution < -0.4 is 0 Å². The lowest BCUT2D eigenvalue weighted by Crippen LogP contribution is -2.20. The SMILES string of the molecule is CC(=CCCC(C)=CCc1cc(C(=O)O)ccc1O)C/C=C/C(C)(O)CCC=C(C)C(=O)O. The zero-order chi connectivity index (χ0) is 25.0. The van der Waals surface area contributed by atoms with Crippen LogP contribution in [-0.4, -0.2) is 38.0 Å². The molecule has 0 saturated carbocycles. The highest BCUT2D eigenvalue weighted by Gasteiger charge is 2.15. The summed E-state index contributed by atoms with van der Waals surface area (Å²) in [6.45, 7) is 7.30. The standard InChI is InChI=1S/C27H36O6/c1-19(10-6-16-27(4,33)17-7-11-21(3)25(29)30)8-5-9-20(2)12-13-22-18-23(26(31)32)14-15-24(22)28/h6,8,11-12,14-16,18,28,33H,5,7,9-10,13,17H2,1-4H3,(H,29,30)(H,31,32)/b16-6+,19-8?,20-12?,21-11?. The molecule has 0 aliphatic rings. The van der Waals surface area contributed by atoms with E-state index in [1.54, 1.807) is 26.0 Å². The van der Waals surface area contributed by atoms with Crippen LogP contribution in [0.1, 0.15) is 75.7 Å². The van der Waals surface area contributed by atoms with Gasteiger partial charge in [-0.25, -0.2) is 9.59 Å². The summed E-state index contributed by atoms with van der Waals surface area (Å²) in [7, 11) is 0. The Bertz CT molecular complexity index is 947. The summed E-state index contributed by atoms with van der Waals surface area (Å²) >= 11 is 0. The molecule has 0 aromatic heterocycles. The monoisotopic (exact) mass is 456 g/mol. The first kappa shape index (κ1) is 27.9. The van der Waals surface area contributed by atoms with E-state index in [4.69, 9.17) is 10.2 Å². The number of aromatic hydroxyl groups is 1. The van der Waals surface area contributed by atoms with E-state index >= 15 is 0 Å². The Morgan fingerprint density at radius 3 is 2.33 bits per heavy atom. The molecule has 1 aromatic carbocycles. The minimum atomic E-state index is -1.02. The van der Waals surface area contributed by atoms with Crippen LogP contribution >= 0.6 is 0 Å². The average Bonchev–Trinajstić information content (AvgIpc) is 2.72. The predicted molar refractivity (Wildman–Crippen MR) is 131 cm³/mol. The molecule has 0 heterocycles. The van der Waals surface area contributed by atoms with Crippen LogP contribution in [0.4, 0.5) is 0 Å². The van der Waals surface area contributed by atoms with Crippen molar-refractivity contribution < 1.29 is 30.0 Å². The molecule has 180 valence electrons. The molecule has 1 rings (SSSR count). The largest absolute Gasteiger partial charge is 0.508 e. The van der Waals surface area contributed by atoms with Gasteiger partial charge in [-0.15, -0.1) is 0 Å². The molecule has 0 spiro atoms. The Balaban J connectivity index is 2.50. The highest BCUT2D eigenvalue weighted by molar-refractivity contribution is 5.88. The van der Waals surface area contributed by atoms with Crippen molar-refractivity contribution in [3.63, 3.8) is 0 Å². The van der Waals surface area contributed by atoms with Crippen LogP contribution in [0.15, 0.2) is 65.3 Å². The van der Waals surface area contributed by atoms with Gasteiger partial charge in [0, 0.05) is 5.57 Å². The van der Waals surface area contributed by atoms with Gasteiger partial charge in [0.2, 0.25) is 0 Å². The van der Waals surface area contributed by atoms with Crippen LogP contribution in [0.5, 0.6) is 5.75 Å². The fraction of sp³-hybridized carbons (Fsp3) is 0.407. The molecule has 33 heavy (non-hydrogen) atoms. The second-order valence-corrected chi connectivity index (χ2v) is 8.69. The van der Waals surface area contributed by atoms with Crippen LogP contribution in [0, 0.1) is 0 Å². The minimum absolute atomic E-state index is 0.0931. The number of allylic oxidation sites excluding steroid dienone is 6. The number of aromatic carboxylic acids is 1. The highest BCUT2D eigenvalue weighted by Crippen LogP contribution is 2.21. The third-order valence-corrected chi connectivity index (χ3v) is 5.38. The predicted octanol–water partition coefficient (Wildman–Crippen LogP) is 5.81. The molecule has 0 aliphatic heterocycles. The van der Waals surface area contributed by atoms with E-state index in [-0.39, 0.29) is 16.9 Å². The third kappa shape index (κ3) is 11.3. The van der Waals surface area contributed by atoms with Crippen molar-refractivity contribution in [1.29, 1.82) is 0 Å². The lowest BCUT2D eigenvalue weighted by Gasteiger charge is -2.17. The molecule has 1 unspecified atom stereocenters. The normalized spacial score (nSPS) is 15.0. The fourth-order valence-electron chi connectivity index (χ4n) is 3.15. The maximum Gasteiger partial charge on any atom is 0.335 e. The van der Waals surface area contributed by atoms with Gasteiger partial charge in [0.25, 0.3) is 0 Å². The molecule has 0 fully saturated rings. The number of phenols is 1. The van der Waals surface area contributed by atoms with Crippen LogP contribution in [0.25, 0.3) is 0 Å². The molecular formula is C27H36O6. The smallest absolute Gasteiger partial charge is 0.335 e. The van der Waals surface area contributed by atoms with Crippen molar-refractivity contribution in [1.82, 2.24) is 0 Å².